The molecular formula is C30H52O13. The monoisotopic (exact) mass is 620 g/mol. The van der Waals surface area contributed by atoms with Gasteiger partial charge >= 0.3 is 5.97 Å². The molecule has 8 N–H and O–H groups in total. The van der Waals surface area contributed by atoms with Crippen LogP contribution in [0.3, 0.4) is 0 Å². The third kappa shape index (κ3) is 11.7. The van der Waals surface area contributed by atoms with Gasteiger partial charge in [0.15, 0.2) is 6.29 Å². The van der Waals surface area contributed by atoms with Gasteiger partial charge in [-0.2, -0.15) is 0 Å². The van der Waals surface area contributed by atoms with Crippen molar-refractivity contribution >= 4 is 5.97 Å². The van der Waals surface area contributed by atoms with E-state index in [0.717, 1.165) is 12.8 Å². The molecule has 1 unspecified atom stereocenters. The van der Waals surface area contributed by atoms with E-state index in [9.17, 15) is 40.5 Å². The maximum absolute atomic E-state index is 10.8. The molecular weight excluding hydrogens is 568 g/mol. The van der Waals surface area contributed by atoms with Crippen molar-refractivity contribution < 1.29 is 64.6 Å². The van der Waals surface area contributed by atoms with Crippen LogP contribution >= 0.6 is 0 Å². The fraction of sp³-hybridized carbons (Fsp3) is 0.833. The van der Waals surface area contributed by atoms with Crippen molar-refractivity contribution in [3.05, 3.63) is 24.3 Å². The van der Waals surface area contributed by atoms with E-state index in [0.29, 0.717) is 32.1 Å². The Morgan fingerprint density at radius 1 is 0.884 bits per heavy atom. The number of hydrogen-bond acceptors (Lipinski definition) is 12. The van der Waals surface area contributed by atoms with Crippen LogP contribution in [0.1, 0.15) is 77.6 Å². The summed E-state index contributed by atoms with van der Waals surface area (Å²) in [7, 11) is 0. The SMILES string of the molecule is CCCCC/C=C\C/C=C\CC(CCCCCC(=O)O)OC[C@H]1O[C@H](O[C@]2(CO)O[C@H](CO)[C@@H](O)[C@@H]2O)[C@H](O)[C@@H](O)[C@@H]1O. The number of carboxylic acid groups (broad SMARTS) is 1. The second-order valence-corrected chi connectivity index (χ2v) is 11.2. The molecule has 13 nitrogen and oxygen atoms in total. The first-order valence-corrected chi connectivity index (χ1v) is 15.4. The average molecular weight is 621 g/mol. The molecule has 0 aromatic heterocycles. The molecule has 10 atom stereocenters. The van der Waals surface area contributed by atoms with E-state index in [1.54, 1.807) is 0 Å². The molecule has 0 radical (unpaired) electrons. The van der Waals surface area contributed by atoms with Crippen LogP contribution < -0.4 is 0 Å². The minimum absolute atomic E-state index is 0.0869. The highest BCUT2D eigenvalue weighted by molar-refractivity contribution is 5.66. The van der Waals surface area contributed by atoms with Gasteiger partial charge < -0.3 is 59.8 Å². The summed E-state index contributed by atoms with van der Waals surface area (Å²) in [5, 5.41) is 80.4. The third-order valence-corrected chi connectivity index (χ3v) is 7.78. The molecule has 0 spiro atoms. The molecule has 0 saturated carbocycles. The zero-order valence-corrected chi connectivity index (χ0v) is 25.0. The minimum atomic E-state index is -2.26. The average Bonchev–Trinajstić information content (AvgIpc) is 3.23. The smallest absolute Gasteiger partial charge is 0.303 e. The molecule has 0 bridgehead atoms. The largest absolute Gasteiger partial charge is 0.481 e. The van der Waals surface area contributed by atoms with Crippen LogP contribution in [0.25, 0.3) is 0 Å². The molecule has 2 fully saturated rings. The number of aliphatic carboxylic acids is 1. The lowest BCUT2D eigenvalue weighted by Gasteiger charge is -2.43. The summed E-state index contributed by atoms with van der Waals surface area (Å²) in [5.41, 5.74) is 0. The summed E-state index contributed by atoms with van der Waals surface area (Å²) in [6, 6.07) is 0. The number of rotatable bonds is 21. The van der Waals surface area contributed by atoms with E-state index in [-0.39, 0.29) is 19.1 Å². The summed E-state index contributed by atoms with van der Waals surface area (Å²) >= 11 is 0. The van der Waals surface area contributed by atoms with Crippen LogP contribution in [-0.4, -0.2) is 128 Å². The van der Waals surface area contributed by atoms with Crippen molar-refractivity contribution in [2.75, 3.05) is 19.8 Å². The predicted octanol–water partition coefficient (Wildman–Crippen LogP) is 0.505. The van der Waals surface area contributed by atoms with E-state index >= 15 is 0 Å². The third-order valence-electron chi connectivity index (χ3n) is 7.78. The first kappa shape index (κ1) is 37.7. The molecule has 0 aromatic rings. The Balaban J connectivity index is 2.00. The minimum Gasteiger partial charge on any atom is -0.481 e. The van der Waals surface area contributed by atoms with Gasteiger partial charge in [-0.05, 0) is 38.5 Å². The van der Waals surface area contributed by atoms with Crippen LogP contribution in [0.4, 0.5) is 0 Å². The molecule has 0 aliphatic carbocycles. The normalized spacial score (nSPS) is 34.0. The number of unbranched alkanes of at least 4 members (excludes halogenated alkanes) is 5. The Bertz CT molecular complexity index is 839. The Hall–Kier alpha value is -1.49. The van der Waals surface area contributed by atoms with Gasteiger partial charge in [-0.15, -0.1) is 0 Å². The molecule has 250 valence electrons. The van der Waals surface area contributed by atoms with Gasteiger partial charge in [-0.1, -0.05) is 56.9 Å². The van der Waals surface area contributed by atoms with Gasteiger partial charge in [-0.3, -0.25) is 4.79 Å². The van der Waals surface area contributed by atoms with E-state index in [4.69, 9.17) is 24.1 Å². The second-order valence-electron chi connectivity index (χ2n) is 11.2. The Morgan fingerprint density at radius 3 is 2.28 bits per heavy atom. The van der Waals surface area contributed by atoms with Gasteiger partial charge in [0.1, 0.15) is 49.3 Å². The fourth-order valence-corrected chi connectivity index (χ4v) is 5.09. The van der Waals surface area contributed by atoms with E-state index in [1.165, 1.54) is 19.3 Å². The molecule has 2 heterocycles. The van der Waals surface area contributed by atoms with Crippen LogP contribution in [-0.2, 0) is 23.7 Å². The first-order chi connectivity index (χ1) is 20.6. The number of hydrogen-bond donors (Lipinski definition) is 8. The summed E-state index contributed by atoms with van der Waals surface area (Å²) < 4.78 is 22.7. The second kappa shape index (κ2) is 19.8. The van der Waals surface area contributed by atoms with Crippen molar-refractivity contribution in [3.63, 3.8) is 0 Å². The van der Waals surface area contributed by atoms with Gasteiger partial charge in [0.2, 0.25) is 5.79 Å². The van der Waals surface area contributed by atoms with Gasteiger partial charge in [0.25, 0.3) is 0 Å². The van der Waals surface area contributed by atoms with Gasteiger partial charge in [0, 0.05) is 6.42 Å². The van der Waals surface area contributed by atoms with E-state index in [1.807, 2.05) is 12.2 Å². The van der Waals surface area contributed by atoms with Crippen LogP contribution in [0.15, 0.2) is 24.3 Å². The Kier molecular flexibility index (Phi) is 17.4. The zero-order chi connectivity index (χ0) is 31.8. The summed E-state index contributed by atoms with van der Waals surface area (Å²) in [5.74, 6) is -3.11. The highest BCUT2D eigenvalue weighted by Gasteiger charge is 2.58. The van der Waals surface area contributed by atoms with E-state index < -0.39 is 74.0 Å². The standard InChI is InChI=1S/C30H52O13/c1-2-3-4-5-6-7-8-9-11-14-20(15-12-10-13-16-23(33)34)40-18-22-24(35)26(37)27(38)29(41-22)43-30(19-32)28(39)25(36)21(17-31)42-30/h6-7,9,11,20-22,24-29,31-32,35-39H,2-5,8,10,12-19H2,1H3,(H,33,34)/b7-6-,11-9-/t20?,21-,22-,24-,25-,26+,27-,28+,29-,30+/m1/s1. The van der Waals surface area contributed by atoms with Gasteiger partial charge in [0.05, 0.1) is 19.3 Å². The molecule has 2 aliphatic rings. The lowest BCUT2D eigenvalue weighted by atomic mass is 9.98. The molecule has 2 saturated heterocycles. The lowest BCUT2D eigenvalue weighted by molar-refractivity contribution is -0.384. The van der Waals surface area contributed by atoms with Crippen LogP contribution in [0, 0.1) is 0 Å². The van der Waals surface area contributed by atoms with Gasteiger partial charge in [-0.25, -0.2) is 0 Å². The van der Waals surface area contributed by atoms with Crippen molar-refractivity contribution in [1.29, 1.82) is 0 Å². The topological polar surface area (TPSA) is 216 Å². The molecule has 0 aromatic carbocycles. The Labute approximate surface area is 253 Å². The highest BCUT2D eigenvalue weighted by atomic mass is 16.8. The van der Waals surface area contributed by atoms with Crippen molar-refractivity contribution in [2.45, 2.75) is 138 Å². The number of carbonyl (C=O) groups is 1. The Morgan fingerprint density at radius 2 is 1.63 bits per heavy atom. The molecule has 13 heteroatoms. The fourth-order valence-electron chi connectivity index (χ4n) is 5.09. The lowest BCUT2D eigenvalue weighted by Crippen LogP contribution is -2.63. The molecule has 2 aliphatic heterocycles. The zero-order valence-electron chi connectivity index (χ0n) is 25.0. The molecule has 0 amide bonds. The molecule has 2 rings (SSSR count). The number of aliphatic hydroxyl groups is 7. The van der Waals surface area contributed by atoms with Crippen molar-refractivity contribution in [3.8, 4) is 0 Å². The maximum atomic E-state index is 10.8. The van der Waals surface area contributed by atoms with E-state index in [2.05, 4.69) is 19.1 Å². The number of carboxylic acids is 1. The number of aliphatic hydroxyl groups excluding tert-OH is 7. The summed E-state index contributed by atoms with van der Waals surface area (Å²) in [6.45, 7) is 0.306. The predicted molar refractivity (Wildman–Crippen MR) is 154 cm³/mol. The summed E-state index contributed by atoms with van der Waals surface area (Å²) in [4.78, 5) is 10.8. The maximum Gasteiger partial charge on any atom is 0.303 e. The highest BCUT2D eigenvalue weighted by Crippen LogP contribution is 2.36. The number of ether oxygens (including phenoxy) is 4. The quantitative estimate of drug-likeness (QED) is 0.0649. The van der Waals surface area contributed by atoms with Crippen molar-refractivity contribution in [2.24, 2.45) is 0 Å². The van der Waals surface area contributed by atoms with Crippen LogP contribution in [0.2, 0.25) is 0 Å². The first-order valence-electron chi connectivity index (χ1n) is 15.4. The van der Waals surface area contributed by atoms with Crippen LogP contribution in [0.5, 0.6) is 0 Å². The molecule has 43 heavy (non-hydrogen) atoms. The van der Waals surface area contributed by atoms with Crippen molar-refractivity contribution in [1.82, 2.24) is 0 Å². The summed E-state index contributed by atoms with van der Waals surface area (Å²) in [6.07, 6.45) is 3.89. The number of allylic oxidation sites excluding steroid dienone is 3.